The Labute approximate surface area is 221 Å². The van der Waals surface area contributed by atoms with E-state index in [1.807, 2.05) is 0 Å². The first-order chi connectivity index (χ1) is 18.3. The zero-order valence-electron chi connectivity index (χ0n) is 21.5. The Hall–Kier alpha value is -3.28. The van der Waals surface area contributed by atoms with Crippen LogP contribution in [0.15, 0.2) is 34.7 Å². The third kappa shape index (κ3) is 4.74. The largest absolute Gasteiger partial charge is 0.485 e. The van der Waals surface area contributed by atoms with Crippen molar-refractivity contribution in [1.29, 1.82) is 0 Å². The van der Waals surface area contributed by atoms with Crippen LogP contribution in [0.2, 0.25) is 5.02 Å². The summed E-state index contributed by atoms with van der Waals surface area (Å²) in [6.45, 7) is 0.189. The highest BCUT2D eigenvalue weighted by molar-refractivity contribution is 7.10. The maximum atomic E-state index is 16.1. The molecule has 4 aromatic rings. The van der Waals surface area contributed by atoms with Gasteiger partial charge in [0, 0.05) is 29.4 Å². The van der Waals surface area contributed by atoms with E-state index in [-0.39, 0.29) is 29.2 Å². The number of aromatic nitrogens is 4. The lowest BCUT2D eigenvalue weighted by Crippen LogP contribution is -2.24. The molecule has 0 saturated heterocycles. The van der Waals surface area contributed by atoms with E-state index in [9.17, 15) is 18.7 Å². The molecule has 0 spiro atoms. The molecule has 1 aliphatic rings. The molecule has 5 heterocycles. The van der Waals surface area contributed by atoms with Crippen LogP contribution in [-0.2, 0) is 25.0 Å². The molecule has 192 valence electrons. The fraction of sp³-hybridized carbons (Fsp3) is 0.280. The topological polar surface area (TPSA) is 90.1 Å². The normalized spacial score (nSPS) is 14.4. The number of halogens is 4. The van der Waals surface area contributed by atoms with E-state index in [0.717, 1.165) is 15.9 Å². The minimum absolute atomic E-state index is 0.0713. The average molecular weight is 551 g/mol. The maximum Gasteiger partial charge on any atom is 0.278 e. The summed E-state index contributed by atoms with van der Waals surface area (Å²) >= 11 is 7.43. The van der Waals surface area contributed by atoms with Crippen molar-refractivity contribution in [3.05, 3.63) is 84.7 Å². The molecule has 4 aromatic heterocycles. The first kappa shape index (κ1) is 22.9. The van der Waals surface area contributed by atoms with Gasteiger partial charge in [0.1, 0.15) is 50.8 Å². The minimum Gasteiger partial charge on any atom is -0.485 e. The second-order valence-corrected chi connectivity index (χ2v) is 10.1. The summed E-state index contributed by atoms with van der Waals surface area (Å²) in [5, 5.41) is 11.6. The summed E-state index contributed by atoms with van der Waals surface area (Å²) in [7, 11) is 0. The van der Waals surface area contributed by atoms with Gasteiger partial charge in [0.15, 0.2) is 11.6 Å². The SMILES string of the molecule is [2H]C([2H])(Oc1cc2n(c(=O)c1Cl)-c1c(cnc(-c3csc(C(C)(C)O)n3)c1F)CCC2)c1ncc(F)cc1F. The molecule has 0 radical (unpaired) electrons. The van der Waals surface area contributed by atoms with Crippen molar-refractivity contribution in [2.75, 3.05) is 0 Å². The quantitative estimate of drug-likeness (QED) is 0.371. The zero-order valence-corrected chi connectivity index (χ0v) is 21.1. The van der Waals surface area contributed by atoms with Crippen LogP contribution >= 0.6 is 22.9 Å². The number of aliphatic hydroxyl groups is 1. The lowest BCUT2D eigenvalue weighted by Gasteiger charge is -2.17. The first-order valence-corrected chi connectivity index (χ1v) is 12.3. The first-order valence-electron chi connectivity index (χ1n) is 12.1. The van der Waals surface area contributed by atoms with E-state index in [1.165, 1.54) is 12.3 Å². The predicted octanol–water partition coefficient (Wildman–Crippen LogP) is 5.12. The smallest absolute Gasteiger partial charge is 0.278 e. The average Bonchev–Trinajstić information content (AvgIpc) is 3.26. The molecule has 1 N–H and O–H groups in total. The Kier molecular flexibility index (Phi) is 5.90. The van der Waals surface area contributed by atoms with Crippen LogP contribution in [0.3, 0.4) is 0 Å². The van der Waals surface area contributed by atoms with Crippen LogP contribution in [0, 0.1) is 17.5 Å². The van der Waals surface area contributed by atoms with Gasteiger partial charge in [-0.05, 0) is 38.7 Å². The van der Waals surface area contributed by atoms with Gasteiger partial charge < -0.3 is 9.84 Å². The number of nitrogens with zero attached hydrogens (tertiary/aromatic N) is 4. The van der Waals surface area contributed by atoms with Crippen molar-refractivity contribution in [3.63, 3.8) is 0 Å². The summed E-state index contributed by atoms with van der Waals surface area (Å²) in [5.74, 6) is -3.51. The van der Waals surface area contributed by atoms with Gasteiger partial charge in [-0.15, -0.1) is 11.3 Å². The van der Waals surface area contributed by atoms with Crippen molar-refractivity contribution in [3.8, 4) is 22.8 Å². The van der Waals surface area contributed by atoms with Gasteiger partial charge in [-0.2, -0.15) is 0 Å². The van der Waals surface area contributed by atoms with Crippen LogP contribution in [-0.4, -0.2) is 24.6 Å². The predicted molar refractivity (Wildman–Crippen MR) is 132 cm³/mol. The lowest BCUT2D eigenvalue weighted by molar-refractivity contribution is 0.0783. The standard InChI is InChI=1S/C25H20ClF3N4O3S/c1-25(2,35)24-32-17(11-37-24)21-20(29)22-12(8-31-21)4-3-5-14-7-18(19(26)23(34)33(14)22)36-10-16-15(28)6-13(27)9-30-16/h6-9,11,35H,3-5,10H2,1-2H3/i10D2. The van der Waals surface area contributed by atoms with Crippen LogP contribution in [0.1, 0.15) is 45.0 Å². The van der Waals surface area contributed by atoms with Gasteiger partial charge in [0.25, 0.3) is 5.56 Å². The molecule has 37 heavy (non-hydrogen) atoms. The highest BCUT2D eigenvalue weighted by Gasteiger charge is 2.28. The van der Waals surface area contributed by atoms with Gasteiger partial charge in [-0.25, -0.2) is 18.2 Å². The van der Waals surface area contributed by atoms with E-state index < -0.39 is 51.6 Å². The van der Waals surface area contributed by atoms with Crippen molar-refractivity contribution in [1.82, 2.24) is 19.5 Å². The van der Waals surface area contributed by atoms with Gasteiger partial charge in [-0.1, -0.05) is 11.6 Å². The third-order valence-corrected chi connectivity index (χ3v) is 7.20. The fourth-order valence-corrected chi connectivity index (χ4v) is 4.95. The maximum absolute atomic E-state index is 16.1. The van der Waals surface area contributed by atoms with E-state index in [1.54, 1.807) is 19.2 Å². The molecule has 0 amide bonds. The molecule has 0 saturated carbocycles. The van der Waals surface area contributed by atoms with Crippen LogP contribution in [0.5, 0.6) is 5.75 Å². The number of aryl methyl sites for hydroxylation is 2. The van der Waals surface area contributed by atoms with Crippen molar-refractivity contribution >= 4 is 22.9 Å². The van der Waals surface area contributed by atoms with Crippen LogP contribution in [0.4, 0.5) is 13.2 Å². The van der Waals surface area contributed by atoms with E-state index in [0.29, 0.717) is 35.7 Å². The second-order valence-electron chi connectivity index (χ2n) is 8.89. The third-order valence-electron chi connectivity index (χ3n) is 5.70. The number of ether oxygens (including phenoxy) is 1. The van der Waals surface area contributed by atoms with Crippen molar-refractivity contribution in [2.45, 2.75) is 45.3 Å². The Morgan fingerprint density at radius 3 is 2.73 bits per heavy atom. The monoisotopic (exact) mass is 550 g/mol. The molecular weight excluding hydrogens is 529 g/mol. The second kappa shape index (κ2) is 9.55. The lowest BCUT2D eigenvalue weighted by atomic mass is 10.1. The van der Waals surface area contributed by atoms with E-state index in [2.05, 4.69) is 15.0 Å². The number of thiazole rings is 1. The summed E-state index contributed by atoms with van der Waals surface area (Å²) in [6.07, 6.45) is 3.24. The van der Waals surface area contributed by atoms with Gasteiger partial charge in [0.2, 0.25) is 0 Å². The Morgan fingerprint density at radius 2 is 2.03 bits per heavy atom. The van der Waals surface area contributed by atoms with Gasteiger partial charge in [0.05, 0.1) is 14.6 Å². The number of pyridine rings is 3. The highest BCUT2D eigenvalue weighted by Crippen LogP contribution is 2.35. The van der Waals surface area contributed by atoms with E-state index >= 15 is 4.39 Å². The number of fused-ring (bicyclic) bond motifs is 3. The molecule has 0 bridgehead atoms. The summed E-state index contributed by atoms with van der Waals surface area (Å²) in [5.41, 5.74) is -2.25. The molecule has 0 atom stereocenters. The number of hydrogen-bond acceptors (Lipinski definition) is 7. The summed E-state index contributed by atoms with van der Waals surface area (Å²) in [6, 6.07) is 1.74. The van der Waals surface area contributed by atoms with Gasteiger partial charge >= 0.3 is 0 Å². The summed E-state index contributed by atoms with van der Waals surface area (Å²) < 4.78 is 66.2. The molecule has 5 rings (SSSR count). The molecule has 0 unspecified atom stereocenters. The highest BCUT2D eigenvalue weighted by atomic mass is 35.5. The minimum atomic E-state index is -2.92. The molecule has 0 fully saturated rings. The molecule has 0 aromatic carbocycles. The Balaban J connectivity index is 1.62. The van der Waals surface area contributed by atoms with Crippen LogP contribution in [0.25, 0.3) is 17.1 Å². The molecule has 0 aliphatic carbocycles. The number of hydrogen-bond donors (Lipinski definition) is 1. The fourth-order valence-electron chi connectivity index (χ4n) is 3.95. The zero-order chi connectivity index (χ0) is 28.3. The summed E-state index contributed by atoms with van der Waals surface area (Å²) in [4.78, 5) is 25.5. The Morgan fingerprint density at radius 1 is 1.24 bits per heavy atom. The van der Waals surface area contributed by atoms with E-state index in [4.69, 9.17) is 19.1 Å². The van der Waals surface area contributed by atoms with Gasteiger partial charge in [-0.3, -0.25) is 19.3 Å². The molecule has 1 aliphatic heterocycles. The van der Waals surface area contributed by atoms with Crippen molar-refractivity contribution < 1.29 is 25.8 Å². The molecular formula is C25H20ClF3N4O3S. The molecule has 7 nitrogen and oxygen atoms in total. The Bertz CT molecular complexity index is 1670. The van der Waals surface area contributed by atoms with Crippen LogP contribution < -0.4 is 10.3 Å². The van der Waals surface area contributed by atoms with Crippen molar-refractivity contribution in [2.24, 2.45) is 0 Å². The molecule has 12 heteroatoms. The number of rotatable bonds is 5.